The lowest BCUT2D eigenvalue weighted by atomic mass is 10.2. The van der Waals surface area contributed by atoms with E-state index in [2.05, 4.69) is 36.7 Å². The number of hydrazone groups is 1. The molecule has 0 aliphatic carbocycles. The fraction of sp³-hybridized carbons (Fsp3) is 0.231. The minimum atomic E-state index is -0.243. The third kappa shape index (κ3) is 5.81. The lowest BCUT2D eigenvalue weighted by Gasteiger charge is -2.07. The summed E-state index contributed by atoms with van der Waals surface area (Å²) >= 11 is 5.89. The Balaban J connectivity index is 1.88. The molecular weight excluding hydrogens is 402 g/mol. The number of nitrogen functional groups attached to an aromatic ring is 1. The molecule has 0 spiro atoms. The number of amides is 1. The van der Waals surface area contributed by atoms with E-state index in [0.717, 1.165) is 10.0 Å². The van der Waals surface area contributed by atoms with Crippen molar-refractivity contribution in [1.82, 2.24) is 15.6 Å². The topological polar surface area (TPSA) is 102 Å². The smallest absolute Gasteiger partial charge is 0.250 e. The number of nitrogens with two attached hydrogens (primary N) is 1. The van der Waals surface area contributed by atoms with Crippen molar-refractivity contribution < 1.29 is 9.53 Å². The van der Waals surface area contributed by atoms with E-state index >= 15 is 0 Å². The third-order valence-corrected chi connectivity index (χ3v) is 4.79. The Bertz CT molecular complexity index is 707. The van der Waals surface area contributed by atoms with Crippen molar-refractivity contribution >= 4 is 56.3 Å². The number of rotatable bonds is 7. The van der Waals surface area contributed by atoms with Crippen LogP contribution in [0.2, 0.25) is 0 Å². The molecule has 2 rings (SSSR count). The largest absolute Gasteiger partial charge is 0.493 e. The maximum atomic E-state index is 11.7. The average Bonchev–Trinajstić information content (AvgIpc) is 2.93. The van der Waals surface area contributed by atoms with Crippen LogP contribution in [-0.4, -0.2) is 34.7 Å². The zero-order chi connectivity index (χ0) is 16.7. The van der Waals surface area contributed by atoms with Gasteiger partial charge < -0.3 is 10.5 Å². The number of ether oxygens (including phenoxy) is 1. The van der Waals surface area contributed by atoms with Crippen molar-refractivity contribution in [3.8, 4) is 5.75 Å². The Kier molecular flexibility index (Phi) is 6.81. The van der Waals surface area contributed by atoms with Gasteiger partial charge in [0, 0.05) is 10.0 Å². The second-order valence-electron chi connectivity index (χ2n) is 4.10. The predicted molar refractivity (Wildman–Crippen MR) is 96.1 cm³/mol. The van der Waals surface area contributed by atoms with E-state index in [1.54, 1.807) is 6.21 Å². The van der Waals surface area contributed by atoms with Crippen LogP contribution in [0.4, 0.5) is 5.13 Å². The molecule has 0 saturated carbocycles. The van der Waals surface area contributed by atoms with Crippen LogP contribution in [0.5, 0.6) is 5.75 Å². The van der Waals surface area contributed by atoms with Gasteiger partial charge in [0.15, 0.2) is 4.34 Å². The summed E-state index contributed by atoms with van der Waals surface area (Å²) in [7, 11) is 0. The molecule has 1 aromatic heterocycles. The van der Waals surface area contributed by atoms with Gasteiger partial charge in [0.25, 0.3) is 5.91 Å². The van der Waals surface area contributed by atoms with E-state index in [9.17, 15) is 4.79 Å². The Labute approximate surface area is 149 Å². The molecule has 7 nitrogen and oxygen atoms in total. The maximum absolute atomic E-state index is 11.7. The molecule has 0 fully saturated rings. The SMILES string of the molecule is CCOc1ccc(Br)cc1/C=N\NC(=O)CSc1nnc(N)s1. The van der Waals surface area contributed by atoms with Gasteiger partial charge in [-0.2, -0.15) is 5.10 Å². The second kappa shape index (κ2) is 8.85. The highest BCUT2D eigenvalue weighted by atomic mass is 79.9. The molecule has 0 unspecified atom stereocenters. The number of nitrogens with one attached hydrogen (secondary N) is 1. The molecule has 0 aliphatic heterocycles. The highest BCUT2D eigenvalue weighted by Crippen LogP contribution is 2.23. The number of thioether (sulfide) groups is 1. The molecule has 2 aromatic rings. The summed E-state index contributed by atoms with van der Waals surface area (Å²) in [6, 6.07) is 5.58. The van der Waals surface area contributed by atoms with Crippen LogP contribution in [0.1, 0.15) is 12.5 Å². The molecule has 0 saturated heterocycles. The Morgan fingerprint density at radius 2 is 2.39 bits per heavy atom. The minimum absolute atomic E-state index is 0.183. The van der Waals surface area contributed by atoms with Crippen molar-refractivity contribution in [2.45, 2.75) is 11.3 Å². The number of anilines is 1. The zero-order valence-electron chi connectivity index (χ0n) is 12.2. The normalized spacial score (nSPS) is 10.9. The lowest BCUT2D eigenvalue weighted by Crippen LogP contribution is -2.19. The van der Waals surface area contributed by atoms with Gasteiger partial charge in [0.05, 0.1) is 18.6 Å². The number of carbonyl (C=O) groups excluding carboxylic acids is 1. The fourth-order valence-corrected chi connectivity index (χ4v) is 3.33. The number of carbonyl (C=O) groups is 1. The quantitative estimate of drug-likeness (QED) is 0.409. The summed E-state index contributed by atoms with van der Waals surface area (Å²) in [5, 5.41) is 11.8. The van der Waals surface area contributed by atoms with Crippen LogP contribution in [-0.2, 0) is 4.79 Å². The van der Waals surface area contributed by atoms with E-state index in [-0.39, 0.29) is 11.7 Å². The van der Waals surface area contributed by atoms with Crippen LogP contribution < -0.4 is 15.9 Å². The Morgan fingerprint density at radius 1 is 1.57 bits per heavy atom. The molecule has 0 atom stereocenters. The summed E-state index contributed by atoms with van der Waals surface area (Å²) < 4.78 is 7.05. The third-order valence-electron chi connectivity index (χ3n) is 2.41. The molecule has 1 aromatic carbocycles. The first-order valence-corrected chi connectivity index (χ1v) is 9.14. The lowest BCUT2D eigenvalue weighted by molar-refractivity contribution is -0.118. The van der Waals surface area contributed by atoms with E-state index < -0.39 is 0 Å². The first-order chi connectivity index (χ1) is 11.1. The first kappa shape index (κ1) is 17.7. The number of hydrogen-bond acceptors (Lipinski definition) is 8. The molecule has 0 aliphatic rings. The van der Waals surface area contributed by atoms with E-state index in [1.165, 1.54) is 23.1 Å². The van der Waals surface area contributed by atoms with Crippen molar-refractivity contribution in [3.05, 3.63) is 28.2 Å². The maximum Gasteiger partial charge on any atom is 0.250 e. The standard InChI is InChI=1S/C13H14BrN5O2S2/c1-2-21-10-4-3-9(14)5-8(10)6-16-17-11(20)7-22-13-19-18-12(15)23-13/h3-6H,2,7H2,1H3,(H2,15,18)(H,17,20)/b16-6-. The van der Waals surface area contributed by atoms with Crippen LogP contribution in [0.25, 0.3) is 0 Å². The molecule has 1 amide bonds. The molecule has 122 valence electrons. The summed E-state index contributed by atoms with van der Waals surface area (Å²) in [6.45, 7) is 2.46. The van der Waals surface area contributed by atoms with Crippen LogP contribution >= 0.6 is 39.0 Å². The molecule has 0 radical (unpaired) electrons. The van der Waals surface area contributed by atoms with Crippen molar-refractivity contribution in [2.24, 2.45) is 5.10 Å². The number of aromatic nitrogens is 2. The second-order valence-corrected chi connectivity index (χ2v) is 7.25. The van der Waals surface area contributed by atoms with Gasteiger partial charge >= 0.3 is 0 Å². The van der Waals surface area contributed by atoms with Crippen molar-refractivity contribution in [1.29, 1.82) is 0 Å². The summed E-state index contributed by atoms with van der Waals surface area (Å²) in [5.74, 6) is 0.642. The zero-order valence-corrected chi connectivity index (χ0v) is 15.4. The van der Waals surface area contributed by atoms with Crippen LogP contribution in [0.3, 0.4) is 0 Å². The average molecular weight is 416 g/mol. The summed E-state index contributed by atoms with van der Waals surface area (Å²) in [5.41, 5.74) is 8.70. The number of benzene rings is 1. The summed E-state index contributed by atoms with van der Waals surface area (Å²) in [6.07, 6.45) is 1.54. The minimum Gasteiger partial charge on any atom is -0.493 e. The Hall–Kier alpha value is -1.65. The molecule has 10 heteroatoms. The molecule has 3 N–H and O–H groups in total. The van der Waals surface area contributed by atoms with E-state index in [0.29, 0.717) is 21.8 Å². The highest BCUT2D eigenvalue weighted by Gasteiger charge is 2.06. The Morgan fingerprint density at radius 3 is 3.09 bits per heavy atom. The van der Waals surface area contributed by atoms with Gasteiger partial charge in [-0.1, -0.05) is 39.0 Å². The molecular formula is C13H14BrN5O2S2. The van der Waals surface area contributed by atoms with E-state index in [1.807, 2.05) is 25.1 Å². The van der Waals surface area contributed by atoms with Crippen molar-refractivity contribution in [2.75, 3.05) is 18.1 Å². The van der Waals surface area contributed by atoms with Gasteiger partial charge in [-0.25, -0.2) is 5.43 Å². The van der Waals surface area contributed by atoms with Gasteiger partial charge in [-0.05, 0) is 25.1 Å². The van der Waals surface area contributed by atoms with Crippen molar-refractivity contribution in [3.63, 3.8) is 0 Å². The highest BCUT2D eigenvalue weighted by molar-refractivity contribution is 9.10. The predicted octanol–water partition coefficient (Wildman–Crippen LogP) is 2.52. The number of nitrogens with zero attached hydrogens (tertiary/aromatic N) is 3. The molecule has 1 heterocycles. The first-order valence-electron chi connectivity index (χ1n) is 6.54. The summed E-state index contributed by atoms with van der Waals surface area (Å²) in [4.78, 5) is 11.7. The monoisotopic (exact) mass is 415 g/mol. The van der Waals surface area contributed by atoms with Gasteiger partial charge in [0.2, 0.25) is 5.13 Å². The molecule has 23 heavy (non-hydrogen) atoms. The van der Waals surface area contributed by atoms with Crippen LogP contribution in [0.15, 0.2) is 32.1 Å². The van der Waals surface area contributed by atoms with Crippen LogP contribution in [0, 0.1) is 0 Å². The van der Waals surface area contributed by atoms with Gasteiger partial charge in [-0.15, -0.1) is 10.2 Å². The number of halogens is 1. The van der Waals surface area contributed by atoms with Gasteiger partial charge in [0.1, 0.15) is 5.75 Å². The van der Waals surface area contributed by atoms with E-state index in [4.69, 9.17) is 10.5 Å². The number of hydrogen-bond donors (Lipinski definition) is 2. The van der Waals surface area contributed by atoms with Gasteiger partial charge in [-0.3, -0.25) is 4.79 Å². The fourth-order valence-electron chi connectivity index (χ4n) is 1.52. The molecule has 0 bridgehead atoms.